The number of nitro groups is 2. The monoisotopic (exact) mass is 486 g/mol. The number of nitrogens with zero attached hydrogens (tertiary/aromatic N) is 2. The lowest BCUT2D eigenvalue weighted by atomic mass is 9.47. The quantitative estimate of drug-likeness (QED) is 0.287. The van der Waals surface area contributed by atoms with Gasteiger partial charge < -0.3 is 9.47 Å². The van der Waals surface area contributed by atoms with Crippen molar-refractivity contribution in [3.05, 3.63) is 105 Å². The van der Waals surface area contributed by atoms with Gasteiger partial charge >= 0.3 is 0 Å². The van der Waals surface area contributed by atoms with Crippen LogP contribution in [0.25, 0.3) is 0 Å². The molecule has 4 fully saturated rings. The Kier molecular flexibility index (Phi) is 5.39. The summed E-state index contributed by atoms with van der Waals surface area (Å²) in [6, 6.07) is 23.1. The van der Waals surface area contributed by atoms with Crippen LogP contribution in [0.4, 0.5) is 11.4 Å². The predicted molar refractivity (Wildman–Crippen MR) is 132 cm³/mol. The van der Waals surface area contributed by atoms with Crippen LogP contribution < -0.4 is 9.47 Å². The topological polar surface area (TPSA) is 105 Å². The van der Waals surface area contributed by atoms with Crippen molar-refractivity contribution < 1.29 is 19.3 Å². The van der Waals surface area contributed by atoms with E-state index in [1.165, 1.54) is 29.8 Å². The zero-order valence-electron chi connectivity index (χ0n) is 19.6. The molecular weight excluding hydrogens is 460 g/mol. The molecule has 3 aromatic carbocycles. The number of hydrogen-bond donors (Lipinski definition) is 0. The Balaban J connectivity index is 1.34. The first-order valence-corrected chi connectivity index (χ1v) is 12.3. The molecular formula is C28H26N2O6. The van der Waals surface area contributed by atoms with Gasteiger partial charge in [-0.25, -0.2) is 0 Å². The molecule has 0 aliphatic heterocycles. The van der Waals surface area contributed by atoms with Crippen molar-refractivity contribution in [1.82, 2.24) is 0 Å². The normalized spacial score (nSPS) is 30.1. The molecule has 0 heterocycles. The largest absolute Gasteiger partial charge is 0.490 e. The fourth-order valence-corrected chi connectivity index (χ4v) is 7.09. The number of ether oxygens (including phenoxy) is 2. The summed E-state index contributed by atoms with van der Waals surface area (Å²) in [4.78, 5) is 21.4. The van der Waals surface area contributed by atoms with Crippen molar-refractivity contribution in [2.24, 2.45) is 17.8 Å². The molecule has 4 aliphatic carbocycles. The van der Waals surface area contributed by atoms with Crippen LogP contribution in [-0.2, 0) is 0 Å². The smallest absolute Gasteiger partial charge is 0.269 e. The molecule has 4 bridgehead atoms. The summed E-state index contributed by atoms with van der Waals surface area (Å²) in [6.07, 6.45) is 3.87. The number of hydrogen-bond acceptors (Lipinski definition) is 6. The second-order valence-electron chi connectivity index (χ2n) is 10.3. The van der Waals surface area contributed by atoms with Gasteiger partial charge in [0.05, 0.1) is 9.85 Å². The molecule has 0 N–H and O–H groups in total. The van der Waals surface area contributed by atoms with Gasteiger partial charge in [-0.15, -0.1) is 0 Å². The highest BCUT2D eigenvalue weighted by molar-refractivity contribution is 5.39. The number of nitro benzene ring substituents is 2. The first-order valence-electron chi connectivity index (χ1n) is 12.3. The number of benzene rings is 3. The first kappa shape index (κ1) is 22.5. The SMILES string of the molecule is O=[N+]([O-])c1ccc(OC2C3CC4CC2C(c2ccccc2)C(Oc2ccc([N+](=O)[O-])cc2)(C4)C3)cc1. The standard InChI is InChI=1S/C28H26N2O6/c31-29(32)21-6-10-23(11-7-21)35-27-20-14-18-15-25(27)26(19-4-2-1-3-5-19)28(16-18,17-20)36-24-12-8-22(9-13-24)30(33)34/h1-13,18,20,25-27H,14-17H2. The van der Waals surface area contributed by atoms with Crippen LogP contribution in [0, 0.1) is 38.0 Å². The van der Waals surface area contributed by atoms with Crippen LogP contribution in [0.3, 0.4) is 0 Å². The molecule has 36 heavy (non-hydrogen) atoms. The van der Waals surface area contributed by atoms with E-state index in [1.54, 1.807) is 24.3 Å². The van der Waals surface area contributed by atoms with Crippen molar-refractivity contribution in [2.45, 2.75) is 43.3 Å². The minimum Gasteiger partial charge on any atom is -0.490 e. The second kappa shape index (κ2) is 8.62. The van der Waals surface area contributed by atoms with Gasteiger partial charge in [0.1, 0.15) is 23.2 Å². The summed E-state index contributed by atoms with van der Waals surface area (Å²) in [7, 11) is 0. The van der Waals surface area contributed by atoms with Crippen molar-refractivity contribution in [2.75, 3.05) is 0 Å². The van der Waals surface area contributed by atoms with Gasteiger partial charge in [0.15, 0.2) is 0 Å². The maximum absolute atomic E-state index is 11.1. The Morgan fingerprint density at radius 3 is 1.97 bits per heavy atom. The number of rotatable bonds is 7. The maximum atomic E-state index is 11.1. The van der Waals surface area contributed by atoms with Gasteiger partial charge in [-0.05, 0) is 61.4 Å². The zero-order chi connectivity index (χ0) is 24.9. The number of non-ortho nitro benzene ring substituents is 2. The van der Waals surface area contributed by atoms with Crippen LogP contribution in [0.15, 0.2) is 78.9 Å². The van der Waals surface area contributed by atoms with E-state index in [-0.39, 0.29) is 29.3 Å². The Hall–Kier alpha value is -3.94. The van der Waals surface area contributed by atoms with E-state index in [2.05, 4.69) is 12.1 Å². The van der Waals surface area contributed by atoms with Gasteiger partial charge in [0, 0.05) is 42.0 Å². The first-order chi connectivity index (χ1) is 17.4. The average molecular weight is 487 g/mol. The van der Waals surface area contributed by atoms with Crippen LogP contribution in [0.5, 0.6) is 11.5 Å². The molecule has 4 saturated carbocycles. The van der Waals surface area contributed by atoms with E-state index in [1.807, 2.05) is 18.2 Å². The molecule has 6 atom stereocenters. The lowest BCUT2D eigenvalue weighted by molar-refractivity contribution is -0.385. The van der Waals surface area contributed by atoms with Gasteiger partial charge in [-0.1, -0.05) is 30.3 Å². The Bertz CT molecular complexity index is 1280. The molecule has 6 unspecified atom stereocenters. The molecule has 0 amide bonds. The molecule has 3 aromatic rings. The van der Waals surface area contributed by atoms with Crippen LogP contribution in [0.1, 0.15) is 37.2 Å². The van der Waals surface area contributed by atoms with E-state index in [0.29, 0.717) is 23.3 Å². The van der Waals surface area contributed by atoms with Crippen molar-refractivity contribution >= 4 is 11.4 Å². The van der Waals surface area contributed by atoms with Crippen molar-refractivity contribution in [3.8, 4) is 11.5 Å². The average Bonchev–Trinajstić information content (AvgIpc) is 2.87. The second-order valence-corrected chi connectivity index (χ2v) is 10.3. The highest BCUT2D eigenvalue weighted by Crippen LogP contribution is 2.63. The minimum atomic E-state index is -0.413. The summed E-state index contributed by atoms with van der Waals surface area (Å²) in [5.41, 5.74) is 0.887. The van der Waals surface area contributed by atoms with E-state index < -0.39 is 15.4 Å². The molecule has 0 saturated heterocycles. The fraction of sp³-hybridized carbons (Fsp3) is 0.357. The fourth-order valence-electron chi connectivity index (χ4n) is 7.09. The van der Waals surface area contributed by atoms with Gasteiger partial charge in [0.25, 0.3) is 11.4 Å². The zero-order valence-corrected chi connectivity index (χ0v) is 19.6. The maximum Gasteiger partial charge on any atom is 0.269 e. The molecule has 0 radical (unpaired) electrons. The van der Waals surface area contributed by atoms with E-state index in [4.69, 9.17) is 9.47 Å². The lowest BCUT2D eigenvalue weighted by Crippen LogP contribution is -2.64. The molecule has 8 heteroatoms. The minimum absolute atomic E-state index is 0.0122. The summed E-state index contributed by atoms with van der Waals surface area (Å²) in [6.45, 7) is 0. The third-order valence-corrected chi connectivity index (χ3v) is 8.21. The highest BCUT2D eigenvalue weighted by atomic mass is 16.6. The Labute approximate surface area is 208 Å². The molecule has 0 spiro atoms. The van der Waals surface area contributed by atoms with Gasteiger partial charge in [0.2, 0.25) is 0 Å². The summed E-state index contributed by atoms with van der Waals surface area (Å²) < 4.78 is 13.4. The summed E-state index contributed by atoms with van der Waals surface area (Å²) in [5, 5.41) is 22.2. The van der Waals surface area contributed by atoms with E-state index in [9.17, 15) is 20.2 Å². The molecule has 8 nitrogen and oxygen atoms in total. The lowest BCUT2D eigenvalue weighted by Gasteiger charge is -2.63. The van der Waals surface area contributed by atoms with Crippen LogP contribution in [0.2, 0.25) is 0 Å². The van der Waals surface area contributed by atoms with E-state index >= 15 is 0 Å². The third-order valence-electron chi connectivity index (χ3n) is 8.21. The third kappa shape index (κ3) is 3.86. The van der Waals surface area contributed by atoms with Crippen LogP contribution in [-0.4, -0.2) is 21.6 Å². The molecule has 0 aromatic heterocycles. The summed E-state index contributed by atoms with van der Waals surface area (Å²) in [5.74, 6) is 2.46. The van der Waals surface area contributed by atoms with Gasteiger partial charge in [-0.3, -0.25) is 20.2 Å². The van der Waals surface area contributed by atoms with Crippen LogP contribution >= 0.6 is 0 Å². The molecule has 184 valence electrons. The highest BCUT2D eigenvalue weighted by Gasteiger charge is 2.63. The van der Waals surface area contributed by atoms with Gasteiger partial charge in [-0.2, -0.15) is 0 Å². The Morgan fingerprint density at radius 1 is 0.750 bits per heavy atom. The van der Waals surface area contributed by atoms with E-state index in [0.717, 1.165) is 25.7 Å². The van der Waals surface area contributed by atoms with Crippen molar-refractivity contribution in [1.29, 1.82) is 0 Å². The molecule has 7 rings (SSSR count). The Morgan fingerprint density at radius 2 is 1.36 bits per heavy atom. The summed E-state index contributed by atoms with van der Waals surface area (Å²) >= 11 is 0. The van der Waals surface area contributed by atoms with Crippen molar-refractivity contribution in [3.63, 3.8) is 0 Å². The predicted octanol–water partition coefficient (Wildman–Crippen LogP) is 6.30. The molecule has 4 aliphatic rings.